The Hall–Kier alpha value is -0.180. The molecule has 1 unspecified atom stereocenters. The van der Waals surface area contributed by atoms with Crippen LogP contribution < -0.4 is 10.6 Å². The second-order valence-electron chi connectivity index (χ2n) is 13.1. The Bertz CT molecular complexity index is 945. The topological polar surface area (TPSA) is 119 Å². The largest absolute Gasteiger partial charge is 0.465 e. The summed E-state index contributed by atoms with van der Waals surface area (Å²) in [4.78, 5) is 23.9. The second-order valence-corrected chi connectivity index (χ2v) is 19.3. The zero-order valence-electron chi connectivity index (χ0n) is 27.1. The molecule has 0 spiro atoms. The van der Waals surface area contributed by atoms with Crippen molar-refractivity contribution in [3.8, 4) is 0 Å². The molecule has 0 aromatic rings. The maximum absolute atomic E-state index is 11.9. The van der Waals surface area contributed by atoms with Gasteiger partial charge in [0.1, 0.15) is 5.66 Å². The summed E-state index contributed by atoms with van der Waals surface area (Å²) >= 11 is 10.9. The Morgan fingerprint density at radius 2 is 1.13 bits per heavy atom. The standard InChI is InChI=1S/C25H42N2O4S4.C7H12OS2/c1-17-9-32-13-20(14-33-10-17)6-7-24(4,5)8-19(3)25(26-22(28)29,27-23(30)31)21-15-34-11-18(2)12-35-16-21;1-6-2-9-4-7(8)5-10-3-6/h19-21,26-27H,1-2,6-16H2,3-5H3,(H,28,29)(H,30,31);7-8H,1-5H2. The van der Waals surface area contributed by atoms with Crippen molar-refractivity contribution in [3.63, 3.8) is 0 Å². The van der Waals surface area contributed by atoms with Crippen molar-refractivity contribution in [3.05, 3.63) is 36.5 Å². The van der Waals surface area contributed by atoms with Crippen LogP contribution in [0.15, 0.2) is 36.5 Å². The van der Waals surface area contributed by atoms with Crippen molar-refractivity contribution in [2.24, 2.45) is 23.2 Å². The lowest BCUT2D eigenvalue weighted by molar-refractivity contribution is 0.0702. The summed E-state index contributed by atoms with van der Waals surface area (Å²) in [6.07, 6.45) is 0.354. The summed E-state index contributed by atoms with van der Waals surface area (Å²) in [5.74, 6) is 11.3. The molecule has 3 rings (SSSR count). The van der Waals surface area contributed by atoms with Crippen molar-refractivity contribution in [2.75, 3.05) is 69.0 Å². The average molecular weight is 739 g/mol. The number of carbonyl (C=O) groups is 2. The monoisotopic (exact) mass is 738 g/mol. The van der Waals surface area contributed by atoms with E-state index in [1.54, 1.807) is 47.0 Å². The molecule has 0 aromatic heterocycles. The van der Waals surface area contributed by atoms with E-state index < -0.39 is 17.8 Å². The van der Waals surface area contributed by atoms with Gasteiger partial charge in [-0.1, -0.05) is 57.2 Å². The van der Waals surface area contributed by atoms with Crippen LogP contribution in [0.1, 0.15) is 40.0 Å². The predicted molar refractivity (Wildman–Crippen MR) is 206 cm³/mol. The third-order valence-corrected chi connectivity index (χ3v) is 15.5. The number of hydrogen-bond donors (Lipinski definition) is 5. The number of aliphatic hydroxyl groups is 1. The molecule has 3 fully saturated rings. The number of rotatable bonds is 9. The van der Waals surface area contributed by atoms with Crippen LogP contribution in [0.4, 0.5) is 9.59 Å². The highest BCUT2D eigenvalue weighted by atomic mass is 32.2. The van der Waals surface area contributed by atoms with Gasteiger partial charge in [0.15, 0.2) is 0 Å². The van der Waals surface area contributed by atoms with E-state index in [-0.39, 0.29) is 23.4 Å². The first kappa shape index (κ1) is 41.0. The highest BCUT2D eigenvalue weighted by Crippen LogP contribution is 2.41. The fourth-order valence-electron chi connectivity index (χ4n) is 5.73. The molecule has 0 aromatic carbocycles. The second kappa shape index (κ2) is 21.0. The van der Waals surface area contributed by atoms with E-state index in [9.17, 15) is 24.9 Å². The van der Waals surface area contributed by atoms with Crippen molar-refractivity contribution >= 4 is 82.8 Å². The molecule has 45 heavy (non-hydrogen) atoms. The minimum absolute atomic E-state index is 0.0531. The maximum atomic E-state index is 11.9. The molecule has 0 radical (unpaired) electrons. The molecule has 0 aliphatic carbocycles. The fraction of sp³-hybridized carbons (Fsp3) is 0.750. The predicted octanol–water partition coefficient (Wildman–Crippen LogP) is 7.74. The Morgan fingerprint density at radius 1 is 0.756 bits per heavy atom. The smallest absolute Gasteiger partial charge is 0.406 e. The molecular weight excluding hydrogens is 685 g/mol. The van der Waals surface area contributed by atoms with Gasteiger partial charge in [-0.3, -0.25) is 10.6 Å². The lowest BCUT2D eigenvalue weighted by atomic mass is 9.72. The van der Waals surface area contributed by atoms with E-state index >= 15 is 0 Å². The van der Waals surface area contributed by atoms with Crippen LogP contribution in [-0.4, -0.2) is 108 Å². The van der Waals surface area contributed by atoms with Crippen LogP contribution in [0.25, 0.3) is 0 Å². The van der Waals surface area contributed by atoms with Gasteiger partial charge in [0.05, 0.1) is 6.10 Å². The SMILES string of the molecule is C=C1CSCC(CCC(C)(C)CC(C)C(NC(=O)O)(NC(=O)O)C2CSCC(=C)CSC2)CSC1.C=C1CSCC(O)CSC1. The molecule has 3 aliphatic heterocycles. The van der Waals surface area contributed by atoms with Gasteiger partial charge in [-0.25, -0.2) is 9.59 Å². The highest BCUT2D eigenvalue weighted by Gasteiger charge is 2.48. The molecular formula is C32H54N2O5S6. The summed E-state index contributed by atoms with van der Waals surface area (Å²) in [6, 6.07) is 0. The van der Waals surface area contributed by atoms with E-state index in [0.29, 0.717) is 17.4 Å². The third kappa shape index (κ3) is 16.2. The zero-order chi connectivity index (χ0) is 33.5. The van der Waals surface area contributed by atoms with E-state index in [0.717, 1.165) is 82.4 Å². The molecule has 1 atom stereocenters. The van der Waals surface area contributed by atoms with Gasteiger partial charge in [0, 0.05) is 63.4 Å². The van der Waals surface area contributed by atoms with Crippen LogP contribution in [0.5, 0.6) is 0 Å². The summed E-state index contributed by atoms with van der Waals surface area (Å²) in [6.45, 7) is 18.6. The molecule has 13 heteroatoms. The number of carboxylic acid groups (broad SMARTS) is 2. The normalized spacial score (nSPS) is 21.5. The van der Waals surface area contributed by atoms with Crippen LogP contribution in [-0.2, 0) is 0 Å². The molecule has 3 saturated heterocycles. The van der Waals surface area contributed by atoms with Crippen molar-refractivity contribution in [1.82, 2.24) is 10.6 Å². The van der Waals surface area contributed by atoms with Crippen LogP contribution in [0, 0.1) is 23.2 Å². The minimum Gasteiger partial charge on any atom is -0.465 e. The van der Waals surface area contributed by atoms with Gasteiger partial charge in [0.2, 0.25) is 0 Å². The maximum Gasteiger partial charge on any atom is 0.406 e. The minimum atomic E-state index is -1.25. The third-order valence-electron chi connectivity index (χ3n) is 7.94. The van der Waals surface area contributed by atoms with Gasteiger partial charge in [-0.05, 0) is 48.0 Å². The average Bonchev–Trinajstić information content (AvgIpc) is 2.90. The Balaban J connectivity index is 0.000000596. The summed E-state index contributed by atoms with van der Waals surface area (Å²) in [5.41, 5.74) is 2.46. The van der Waals surface area contributed by atoms with E-state index in [4.69, 9.17) is 0 Å². The number of thioether (sulfide) groups is 6. The van der Waals surface area contributed by atoms with Gasteiger partial charge >= 0.3 is 12.2 Å². The summed E-state index contributed by atoms with van der Waals surface area (Å²) in [5, 5.41) is 34.1. The zero-order valence-corrected chi connectivity index (χ0v) is 32.0. The lowest BCUT2D eigenvalue weighted by Crippen LogP contribution is -2.69. The Kier molecular flexibility index (Phi) is 19.2. The quantitative estimate of drug-likeness (QED) is 0.118. The van der Waals surface area contributed by atoms with Crippen molar-refractivity contribution < 1.29 is 24.9 Å². The number of aliphatic hydroxyl groups excluding tert-OH is 1. The van der Waals surface area contributed by atoms with Crippen molar-refractivity contribution in [1.29, 1.82) is 0 Å². The molecule has 5 N–H and O–H groups in total. The van der Waals surface area contributed by atoms with Gasteiger partial charge in [-0.15, -0.1) is 0 Å². The molecule has 258 valence electrons. The molecule has 7 nitrogen and oxygen atoms in total. The summed E-state index contributed by atoms with van der Waals surface area (Å²) < 4.78 is 0. The Morgan fingerprint density at radius 3 is 1.53 bits per heavy atom. The lowest BCUT2D eigenvalue weighted by Gasteiger charge is -2.47. The van der Waals surface area contributed by atoms with Crippen molar-refractivity contribution in [2.45, 2.75) is 51.8 Å². The number of nitrogens with one attached hydrogen (secondary N) is 2. The summed E-state index contributed by atoms with van der Waals surface area (Å²) in [7, 11) is 0. The van der Waals surface area contributed by atoms with E-state index in [2.05, 4.69) is 44.2 Å². The van der Waals surface area contributed by atoms with Gasteiger partial charge in [-0.2, -0.15) is 70.6 Å². The molecule has 0 bridgehead atoms. The van der Waals surface area contributed by atoms with E-state index in [1.807, 2.05) is 30.4 Å². The van der Waals surface area contributed by atoms with E-state index in [1.165, 1.54) is 11.1 Å². The molecule has 3 heterocycles. The van der Waals surface area contributed by atoms with Gasteiger partial charge < -0.3 is 15.3 Å². The molecule has 2 amide bonds. The number of amides is 2. The Labute approximate surface area is 297 Å². The van der Waals surface area contributed by atoms with Crippen LogP contribution in [0.2, 0.25) is 0 Å². The first-order valence-electron chi connectivity index (χ1n) is 15.4. The molecule has 3 aliphatic rings. The highest BCUT2D eigenvalue weighted by molar-refractivity contribution is 8.02. The first-order valence-corrected chi connectivity index (χ1v) is 22.3. The van der Waals surface area contributed by atoms with Crippen LogP contribution in [0.3, 0.4) is 0 Å². The first-order chi connectivity index (χ1) is 21.2. The van der Waals surface area contributed by atoms with Gasteiger partial charge in [0.25, 0.3) is 0 Å². The number of hydrogen-bond acceptors (Lipinski definition) is 9. The molecule has 0 saturated carbocycles. The fourth-order valence-corrected chi connectivity index (χ4v) is 13.0. The van der Waals surface area contributed by atoms with Crippen LogP contribution >= 0.6 is 70.6 Å².